The van der Waals surface area contributed by atoms with Gasteiger partial charge in [-0.25, -0.2) is 4.98 Å². The van der Waals surface area contributed by atoms with Crippen LogP contribution in [0.1, 0.15) is 18.4 Å². The zero-order chi connectivity index (χ0) is 21.8. The second-order valence-electron chi connectivity index (χ2n) is 7.51. The van der Waals surface area contributed by atoms with E-state index >= 15 is 0 Å². The van der Waals surface area contributed by atoms with Gasteiger partial charge < -0.3 is 14.7 Å². The lowest BCUT2D eigenvalue weighted by Crippen LogP contribution is -2.45. The number of ether oxygens (including phenoxy) is 1. The number of hydrogen-bond donors (Lipinski definition) is 1. The molecular weight excluding hydrogens is 457 g/mol. The molecule has 0 bridgehead atoms. The standard InChI is InChI=1S/C22H23Cl2N3O3S/c23-16-3-4-19-20(13-16)31-22(25-19)27-7-5-26(6-8-27)14-15-10-17(24)12-18(11-15)30-9-1-2-21(28)29/h3-4,10-13H,1-2,5-9,14H2,(H,28,29). The quantitative estimate of drug-likeness (QED) is 0.449. The van der Waals surface area contributed by atoms with Crippen molar-refractivity contribution in [1.82, 2.24) is 9.88 Å². The molecular formula is C22H23Cl2N3O3S. The Bertz CT molecular complexity index is 1070. The number of aromatic nitrogens is 1. The Morgan fingerprint density at radius 2 is 1.90 bits per heavy atom. The Labute approximate surface area is 195 Å². The summed E-state index contributed by atoms with van der Waals surface area (Å²) < 4.78 is 6.80. The van der Waals surface area contributed by atoms with Crippen LogP contribution in [-0.4, -0.2) is 53.7 Å². The Kier molecular flexibility index (Phi) is 7.17. The Hall–Kier alpha value is -2.06. The number of anilines is 1. The molecule has 1 fully saturated rings. The molecule has 0 saturated carbocycles. The van der Waals surface area contributed by atoms with Crippen LogP contribution in [0.3, 0.4) is 0 Å². The molecule has 1 N–H and O–H groups in total. The average Bonchev–Trinajstić information content (AvgIpc) is 3.14. The summed E-state index contributed by atoms with van der Waals surface area (Å²) in [4.78, 5) is 20.1. The zero-order valence-corrected chi connectivity index (χ0v) is 19.2. The van der Waals surface area contributed by atoms with Crippen molar-refractivity contribution in [3.05, 3.63) is 52.0 Å². The van der Waals surface area contributed by atoms with Crippen LogP contribution in [0, 0.1) is 0 Å². The van der Waals surface area contributed by atoms with Crippen molar-refractivity contribution in [2.45, 2.75) is 19.4 Å². The third-order valence-electron chi connectivity index (χ3n) is 5.12. The Morgan fingerprint density at radius 1 is 1.10 bits per heavy atom. The van der Waals surface area contributed by atoms with Crippen molar-refractivity contribution in [2.24, 2.45) is 0 Å². The highest BCUT2D eigenvalue weighted by Gasteiger charge is 2.20. The SMILES string of the molecule is O=C(O)CCCOc1cc(Cl)cc(CN2CCN(c3nc4ccc(Cl)cc4s3)CC2)c1. The van der Waals surface area contributed by atoms with Crippen molar-refractivity contribution < 1.29 is 14.6 Å². The first kappa shape index (κ1) is 22.1. The number of thiazole rings is 1. The van der Waals surface area contributed by atoms with Crippen LogP contribution >= 0.6 is 34.5 Å². The van der Waals surface area contributed by atoms with Gasteiger partial charge in [0.05, 0.1) is 16.8 Å². The van der Waals surface area contributed by atoms with Gasteiger partial charge in [0.25, 0.3) is 0 Å². The molecule has 0 aliphatic carbocycles. The molecule has 1 aliphatic heterocycles. The van der Waals surface area contributed by atoms with Gasteiger partial charge in [-0.1, -0.05) is 34.5 Å². The van der Waals surface area contributed by atoms with E-state index in [-0.39, 0.29) is 6.42 Å². The molecule has 6 nitrogen and oxygen atoms in total. The number of carbonyl (C=O) groups is 1. The minimum Gasteiger partial charge on any atom is -0.494 e. The highest BCUT2D eigenvalue weighted by molar-refractivity contribution is 7.22. The fraction of sp³-hybridized carbons (Fsp3) is 0.364. The average molecular weight is 480 g/mol. The van der Waals surface area contributed by atoms with E-state index in [1.54, 1.807) is 17.4 Å². The molecule has 1 aromatic heterocycles. The second-order valence-corrected chi connectivity index (χ2v) is 9.39. The van der Waals surface area contributed by atoms with Gasteiger partial charge in [-0.3, -0.25) is 9.69 Å². The number of carboxylic acid groups (broad SMARTS) is 1. The van der Waals surface area contributed by atoms with Gasteiger partial charge in [-0.2, -0.15) is 0 Å². The van der Waals surface area contributed by atoms with Gasteiger partial charge >= 0.3 is 5.97 Å². The molecule has 4 rings (SSSR count). The summed E-state index contributed by atoms with van der Waals surface area (Å²) in [5, 5.41) is 11.1. The molecule has 2 aromatic carbocycles. The van der Waals surface area contributed by atoms with Crippen molar-refractivity contribution in [1.29, 1.82) is 0 Å². The van der Waals surface area contributed by atoms with E-state index in [0.717, 1.165) is 58.7 Å². The van der Waals surface area contributed by atoms with E-state index in [1.165, 1.54) is 0 Å². The number of benzene rings is 2. The van der Waals surface area contributed by atoms with Gasteiger partial charge in [0, 0.05) is 49.2 Å². The van der Waals surface area contributed by atoms with Crippen molar-refractivity contribution in [3.63, 3.8) is 0 Å². The highest BCUT2D eigenvalue weighted by atomic mass is 35.5. The van der Waals surface area contributed by atoms with Crippen LogP contribution < -0.4 is 9.64 Å². The molecule has 31 heavy (non-hydrogen) atoms. The summed E-state index contributed by atoms with van der Waals surface area (Å²) in [6, 6.07) is 11.5. The lowest BCUT2D eigenvalue weighted by atomic mass is 10.2. The minimum atomic E-state index is -0.816. The third-order valence-corrected chi connectivity index (χ3v) is 6.66. The van der Waals surface area contributed by atoms with Crippen molar-refractivity contribution in [3.8, 4) is 5.75 Å². The third kappa shape index (κ3) is 6.01. The zero-order valence-electron chi connectivity index (χ0n) is 16.9. The van der Waals surface area contributed by atoms with E-state index in [0.29, 0.717) is 23.8 Å². The minimum absolute atomic E-state index is 0.0966. The largest absolute Gasteiger partial charge is 0.494 e. The summed E-state index contributed by atoms with van der Waals surface area (Å²) >= 11 is 14.0. The van der Waals surface area contributed by atoms with Crippen LogP contribution in [-0.2, 0) is 11.3 Å². The molecule has 0 atom stereocenters. The van der Waals surface area contributed by atoms with Crippen LogP contribution in [0.25, 0.3) is 10.2 Å². The lowest BCUT2D eigenvalue weighted by molar-refractivity contribution is -0.137. The first-order valence-corrected chi connectivity index (χ1v) is 11.7. The van der Waals surface area contributed by atoms with E-state index in [4.69, 9.17) is 38.0 Å². The molecule has 1 saturated heterocycles. The maximum absolute atomic E-state index is 10.6. The van der Waals surface area contributed by atoms with Crippen LogP contribution in [0.2, 0.25) is 10.0 Å². The molecule has 9 heteroatoms. The summed E-state index contributed by atoms with van der Waals surface area (Å²) in [5.74, 6) is -0.135. The van der Waals surface area contributed by atoms with Crippen molar-refractivity contribution in [2.75, 3.05) is 37.7 Å². The van der Waals surface area contributed by atoms with Crippen LogP contribution in [0.15, 0.2) is 36.4 Å². The first-order chi connectivity index (χ1) is 15.0. The molecule has 3 aromatic rings. The number of carboxylic acids is 1. The lowest BCUT2D eigenvalue weighted by Gasteiger charge is -2.34. The molecule has 0 radical (unpaired) electrons. The molecule has 0 spiro atoms. The number of nitrogens with zero attached hydrogens (tertiary/aromatic N) is 3. The number of piperazine rings is 1. The predicted octanol–water partition coefficient (Wildman–Crippen LogP) is 5.17. The normalized spacial score (nSPS) is 14.8. The molecule has 0 unspecified atom stereocenters. The van der Waals surface area contributed by atoms with Crippen LogP contribution in [0.4, 0.5) is 5.13 Å². The first-order valence-electron chi connectivity index (χ1n) is 10.1. The monoisotopic (exact) mass is 479 g/mol. The molecule has 164 valence electrons. The molecule has 2 heterocycles. The smallest absolute Gasteiger partial charge is 0.303 e. The number of hydrogen-bond acceptors (Lipinski definition) is 6. The Balaban J connectivity index is 1.32. The topological polar surface area (TPSA) is 65.9 Å². The summed E-state index contributed by atoms with van der Waals surface area (Å²) in [6.07, 6.45) is 0.566. The van der Waals surface area contributed by atoms with Gasteiger partial charge in [-0.05, 0) is 48.4 Å². The van der Waals surface area contributed by atoms with E-state index in [2.05, 4.69) is 9.80 Å². The number of fused-ring (bicyclic) bond motifs is 1. The number of rotatable bonds is 8. The van der Waals surface area contributed by atoms with E-state index < -0.39 is 5.97 Å². The summed E-state index contributed by atoms with van der Waals surface area (Å²) in [5.41, 5.74) is 2.07. The summed E-state index contributed by atoms with van der Waals surface area (Å²) in [6.45, 7) is 4.82. The molecule has 1 aliphatic rings. The van der Waals surface area contributed by atoms with Crippen LogP contribution in [0.5, 0.6) is 5.75 Å². The Morgan fingerprint density at radius 3 is 2.68 bits per heavy atom. The van der Waals surface area contributed by atoms with Crippen molar-refractivity contribution >= 4 is 55.9 Å². The predicted molar refractivity (Wildman–Crippen MR) is 126 cm³/mol. The van der Waals surface area contributed by atoms with Gasteiger partial charge in [0.2, 0.25) is 0 Å². The van der Waals surface area contributed by atoms with Gasteiger partial charge in [-0.15, -0.1) is 0 Å². The highest BCUT2D eigenvalue weighted by Crippen LogP contribution is 2.31. The van der Waals surface area contributed by atoms with E-state index in [1.807, 2.05) is 30.3 Å². The fourth-order valence-electron chi connectivity index (χ4n) is 3.59. The van der Waals surface area contributed by atoms with Gasteiger partial charge in [0.15, 0.2) is 5.13 Å². The second kappa shape index (κ2) is 10.0. The van der Waals surface area contributed by atoms with E-state index in [9.17, 15) is 4.79 Å². The maximum atomic E-state index is 10.6. The molecule has 0 amide bonds. The number of aliphatic carboxylic acids is 1. The van der Waals surface area contributed by atoms with Gasteiger partial charge in [0.1, 0.15) is 5.75 Å². The maximum Gasteiger partial charge on any atom is 0.303 e. The fourth-order valence-corrected chi connectivity index (χ4v) is 5.13. The summed E-state index contributed by atoms with van der Waals surface area (Å²) in [7, 11) is 0. The number of halogens is 2.